The van der Waals surface area contributed by atoms with Gasteiger partial charge in [-0.25, -0.2) is 0 Å². The lowest BCUT2D eigenvalue weighted by molar-refractivity contribution is 0.0970. The molecule has 0 fully saturated rings. The Balaban J connectivity index is 1.68. The average molecular weight is 520 g/mol. The molecule has 1 atom stereocenters. The third-order valence-electron chi connectivity index (χ3n) is 6.58. The number of amides is 1. The van der Waals surface area contributed by atoms with Gasteiger partial charge in [0.25, 0.3) is 5.91 Å². The van der Waals surface area contributed by atoms with Gasteiger partial charge in [0.15, 0.2) is 16.9 Å². The second-order valence-electron chi connectivity index (χ2n) is 9.58. The van der Waals surface area contributed by atoms with Crippen molar-refractivity contribution in [3.05, 3.63) is 74.1 Å². The van der Waals surface area contributed by atoms with Crippen molar-refractivity contribution in [2.45, 2.75) is 47.1 Å². The van der Waals surface area contributed by atoms with Crippen LogP contribution in [0.1, 0.15) is 66.0 Å². The maximum Gasteiger partial charge on any atom is 0.297 e. The monoisotopic (exact) mass is 519 g/mol. The number of anilines is 1. The molecule has 5 rings (SSSR count). The largest absolute Gasteiger partial charge is 0.490 e. The highest BCUT2D eigenvalue weighted by Gasteiger charge is 2.45. The quantitative estimate of drug-likeness (QED) is 0.289. The van der Waals surface area contributed by atoms with E-state index in [1.807, 2.05) is 45.0 Å². The molecule has 9 heteroatoms. The Hall–Kier alpha value is -3.72. The smallest absolute Gasteiger partial charge is 0.297 e. The van der Waals surface area contributed by atoms with Crippen molar-refractivity contribution in [2.75, 3.05) is 18.1 Å². The molecule has 3 heterocycles. The van der Waals surface area contributed by atoms with Crippen LogP contribution in [0, 0.1) is 19.8 Å². The van der Waals surface area contributed by atoms with Gasteiger partial charge in [0.1, 0.15) is 11.1 Å². The van der Waals surface area contributed by atoms with Crippen molar-refractivity contribution in [1.82, 2.24) is 10.2 Å². The molecule has 1 unspecified atom stereocenters. The van der Waals surface area contributed by atoms with E-state index in [1.165, 1.54) is 16.2 Å². The number of nitrogens with zero attached hydrogens (tertiary/aromatic N) is 3. The number of ether oxygens (including phenoxy) is 2. The highest BCUT2D eigenvalue weighted by Crippen LogP contribution is 2.43. The molecule has 0 bridgehead atoms. The predicted octanol–water partition coefficient (Wildman–Crippen LogP) is 5.83. The summed E-state index contributed by atoms with van der Waals surface area (Å²) in [7, 11) is 0. The molecule has 4 aromatic rings. The van der Waals surface area contributed by atoms with E-state index in [-0.39, 0.29) is 16.8 Å². The molecule has 192 valence electrons. The Morgan fingerprint density at radius 1 is 1.08 bits per heavy atom. The molecular formula is C28H29N3O5S. The molecule has 1 aliphatic rings. The second kappa shape index (κ2) is 9.97. The normalized spacial score (nSPS) is 15.0. The minimum atomic E-state index is -0.748. The fraction of sp³-hybridized carbons (Fsp3) is 0.357. The maximum atomic E-state index is 13.9. The number of aryl methyl sites for hydroxylation is 2. The van der Waals surface area contributed by atoms with E-state index in [0.717, 1.165) is 17.5 Å². The first-order valence-corrected chi connectivity index (χ1v) is 13.2. The third kappa shape index (κ3) is 4.48. The summed E-state index contributed by atoms with van der Waals surface area (Å²) < 4.78 is 18.0. The predicted molar refractivity (Wildman–Crippen MR) is 143 cm³/mol. The highest BCUT2D eigenvalue weighted by molar-refractivity contribution is 7.13. The van der Waals surface area contributed by atoms with Crippen molar-refractivity contribution < 1.29 is 18.7 Å². The molecular weight excluding hydrogens is 490 g/mol. The molecule has 0 radical (unpaired) electrons. The molecule has 0 spiro atoms. The number of rotatable bonds is 8. The third-order valence-corrected chi connectivity index (χ3v) is 7.27. The lowest BCUT2D eigenvalue weighted by Crippen LogP contribution is -2.29. The first kappa shape index (κ1) is 25.0. The van der Waals surface area contributed by atoms with Crippen LogP contribution < -0.4 is 19.8 Å². The second-order valence-corrected chi connectivity index (χ2v) is 10.4. The van der Waals surface area contributed by atoms with Crippen molar-refractivity contribution in [3.63, 3.8) is 0 Å². The minimum absolute atomic E-state index is 0.0242. The molecule has 2 aromatic carbocycles. The van der Waals surface area contributed by atoms with Gasteiger partial charge in [0, 0.05) is 0 Å². The van der Waals surface area contributed by atoms with Crippen molar-refractivity contribution >= 4 is 33.3 Å². The molecule has 37 heavy (non-hydrogen) atoms. The van der Waals surface area contributed by atoms with Gasteiger partial charge in [-0.2, -0.15) is 0 Å². The van der Waals surface area contributed by atoms with E-state index >= 15 is 0 Å². The van der Waals surface area contributed by atoms with E-state index in [0.29, 0.717) is 52.3 Å². The molecule has 1 amide bonds. The molecule has 0 N–H and O–H groups in total. The molecule has 0 saturated carbocycles. The number of carbonyl (C=O) groups excluding carboxylic acids is 1. The zero-order valence-corrected chi connectivity index (χ0v) is 22.3. The summed E-state index contributed by atoms with van der Waals surface area (Å²) in [5.74, 6) is 1.28. The van der Waals surface area contributed by atoms with E-state index < -0.39 is 11.9 Å². The van der Waals surface area contributed by atoms with E-state index in [4.69, 9.17) is 13.9 Å². The van der Waals surface area contributed by atoms with Crippen LogP contribution in [-0.2, 0) is 0 Å². The van der Waals surface area contributed by atoms with Crippen molar-refractivity contribution in [1.29, 1.82) is 0 Å². The van der Waals surface area contributed by atoms with Crippen LogP contribution in [0.25, 0.3) is 11.0 Å². The number of aromatic nitrogens is 2. The van der Waals surface area contributed by atoms with Crippen molar-refractivity contribution in [2.24, 2.45) is 5.92 Å². The number of carbonyl (C=O) groups is 1. The standard InChI is InChI=1S/C28H29N3O5S/c1-6-34-22-13-18(7-8-20(22)35-10-9-15(2)3)24-23-25(32)19-11-16(4)17(5)12-21(19)36-26(23)27(33)31(24)28-30-29-14-37-28/h7-8,11-15,24H,6,9-10H2,1-5H3. The van der Waals surface area contributed by atoms with Gasteiger partial charge in [-0.3, -0.25) is 14.5 Å². The number of benzene rings is 2. The Morgan fingerprint density at radius 2 is 1.86 bits per heavy atom. The number of hydrogen-bond acceptors (Lipinski definition) is 8. The molecule has 2 aromatic heterocycles. The van der Waals surface area contributed by atoms with Gasteiger partial charge in [0.05, 0.1) is 30.2 Å². The molecule has 8 nitrogen and oxygen atoms in total. The summed E-state index contributed by atoms with van der Waals surface area (Å²) in [4.78, 5) is 29.1. The summed E-state index contributed by atoms with van der Waals surface area (Å²) in [6.07, 6.45) is 0.912. The van der Waals surface area contributed by atoms with Crippen LogP contribution in [0.2, 0.25) is 0 Å². The molecule has 1 aliphatic heterocycles. The Bertz CT molecular complexity index is 1530. The van der Waals surface area contributed by atoms with Gasteiger partial charge in [-0.15, -0.1) is 10.2 Å². The maximum absolute atomic E-state index is 13.9. The van der Waals surface area contributed by atoms with Crippen LogP contribution in [0.3, 0.4) is 0 Å². The van der Waals surface area contributed by atoms with E-state index in [1.54, 1.807) is 11.6 Å². The van der Waals surface area contributed by atoms with Gasteiger partial charge >= 0.3 is 0 Å². The zero-order chi connectivity index (χ0) is 26.3. The van der Waals surface area contributed by atoms with Crippen LogP contribution >= 0.6 is 11.3 Å². The van der Waals surface area contributed by atoms with Crippen LogP contribution in [0.5, 0.6) is 11.5 Å². The van der Waals surface area contributed by atoms with Gasteiger partial charge in [-0.1, -0.05) is 31.3 Å². The highest BCUT2D eigenvalue weighted by atomic mass is 32.1. The van der Waals surface area contributed by atoms with E-state index in [2.05, 4.69) is 24.0 Å². The molecule has 0 saturated heterocycles. The topological polar surface area (TPSA) is 94.8 Å². The SMILES string of the molecule is CCOc1cc(C2c3c(oc4cc(C)c(C)cc4c3=O)C(=O)N2c2nncs2)ccc1OCCC(C)C. The molecule has 0 aliphatic carbocycles. The minimum Gasteiger partial charge on any atom is -0.490 e. The van der Waals surface area contributed by atoms with Crippen LogP contribution in [-0.4, -0.2) is 29.3 Å². The number of fused-ring (bicyclic) bond motifs is 2. The summed E-state index contributed by atoms with van der Waals surface area (Å²) in [6, 6.07) is 8.40. The number of hydrogen-bond donors (Lipinski definition) is 0. The van der Waals surface area contributed by atoms with Gasteiger partial charge < -0.3 is 13.9 Å². The van der Waals surface area contributed by atoms with Crippen LogP contribution in [0.4, 0.5) is 5.13 Å². The first-order chi connectivity index (χ1) is 17.8. The van der Waals surface area contributed by atoms with Gasteiger partial charge in [-0.05, 0) is 74.1 Å². The van der Waals surface area contributed by atoms with Gasteiger partial charge in [0.2, 0.25) is 10.9 Å². The van der Waals surface area contributed by atoms with Crippen molar-refractivity contribution in [3.8, 4) is 11.5 Å². The fourth-order valence-electron chi connectivity index (χ4n) is 4.50. The Labute approximate surface area is 218 Å². The summed E-state index contributed by atoms with van der Waals surface area (Å²) >= 11 is 1.22. The van der Waals surface area contributed by atoms with E-state index in [9.17, 15) is 9.59 Å². The summed E-state index contributed by atoms with van der Waals surface area (Å²) in [5, 5.41) is 8.89. The zero-order valence-electron chi connectivity index (χ0n) is 21.5. The lowest BCUT2D eigenvalue weighted by Gasteiger charge is -2.23. The first-order valence-electron chi connectivity index (χ1n) is 12.4. The van der Waals surface area contributed by atoms with Crippen LogP contribution in [0.15, 0.2) is 45.1 Å². The fourth-order valence-corrected chi connectivity index (χ4v) is 5.08. The summed E-state index contributed by atoms with van der Waals surface area (Å²) in [5.41, 5.74) is 4.64. The Kier molecular flexibility index (Phi) is 6.72. The Morgan fingerprint density at radius 3 is 2.57 bits per heavy atom. The summed E-state index contributed by atoms with van der Waals surface area (Å²) in [6.45, 7) is 11.1. The average Bonchev–Trinajstić information content (AvgIpc) is 3.48. The lowest BCUT2D eigenvalue weighted by atomic mass is 9.97.